The van der Waals surface area contributed by atoms with Crippen molar-refractivity contribution in [2.75, 3.05) is 45.3 Å². The van der Waals surface area contributed by atoms with E-state index >= 15 is 0 Å². The first-order valence-corrected chi connectivity index (χ1v) is 7.99. The van der Waals surface area contributed by atoms with Gasteiger partial charge in [-0.25, -0.2) is 0 Å². The highest BCUT2D eigenvalue weighted by Gasteiger charge is 2.33. The molecule has 2 amide bonds. The van der Waals surface area contributed by atoms with E-state index in [1.165, 1.54) is 0 Å². The van der Waals surface area contributed by atoms with Gasteiger partial charge < -0.3 is 20.3 Å². The molecule has 2 rings (SSSR count). The van der Waals surface area contributed by atoms with Gasteiger partial charge in [0.1, 0.15) is 0 Å². The molecule has 1 aliphatic rings. The molecule has 7 heteroatoms. The van der Waals surface area contributed by atoms with Gasteiger partial charge in [0.05, 0.1) is 17.9 Å². The number of hydrogen-bond donors (Lipinski definition) is 2. The van der Waals surface area contributed by atoms with E-state index in [0.717, 1.165) is 19.4 Å². The predicted octanol–water partition coefficient (Wildman–Crippen LogP) is 1.45. The molecule has 1 aliphatic carbocycles. The summed E-state index contributed by atoms with van der Waals surface area (Å²) in [6.07, 6.45) is 1.90. The topological polar surface area (TPSA) is 70.7 Å². The number of halogens is 1. The largest absolute Gasteiger partial charge is 0.383 e. The summed E-state index contributed by atoms with van der Waals surface area (Å²) in [5.74, 6) is 0.0529. The maximum absolute atomic E-state index is 12.4. The van der Waals surface area contributed by atoms with Gasteiger partial charge in [0.2, 0.25) is 5.91 Å². The molecular weight excluding hydrogens is 330 g/mol. The first kappa shape index (κ1) is 20.4. The van der Waals surface area contributed by atoms with Crippen LogP contribution in [0.25, 0.3) is 0 Å². The summed E-state index contributed by atoms with van der Waals surface area (Å²) in [6.45, 7) is 2.59. The number of carbonyl (C=O) groups excluding carboxylic acids is 2. The first-order chi connectivity index (χ1) is 11.1. The summed E-state index contributed by atoms with van der Waals surface area (Å²) >= 11 is 0. The molecule has 0 aromatic heterocycles. The Hall–Kier alpha value is -1.63. The quantitative estimate of drug-likeness (QED) is 0.658. The van der Waals surface area contributed by atoms with Crippen molar-refractivity contribution in [1.29, 1.82) is 0 Å². The molecule has 134 valence electrons. The monoisotopic (exact) mass is 355 g/mol. The van der Waals surface area contributed by atoms with E-state index < -0.39 is 0 Å². The fraction of sp³-hybridized carbons (Fsp3) is 0.529. The normalized spacial score (nSPS) is 13.1. The second-order valence-corrected chi connectivity index (χ2v) is 5.69. The van der Waals surface area contributed by atoms with Crippen molar-refractivity contribution < 1.29 is 14.3 Å². The number of benzene rings is 1. The molecule has 6 nitrogen and oxygen atoms in total. The Bertz CT molecular complexity index is 550. The number of amides is 2. The molecule has 24 heavy (non-hydrogen) atoms. The summed E-state index contributed by atoms with van der Waals surface area (Å²) in [7, 11) is 3.39. The van der Waals surface area contributed by atoms with E-state index in [1.54, 1.807) is 25.1 Å². The second kappa shape index (κ2) is 10.3. The summed E-state index contributed by atoms with van der Waals surface area (Å²) in [5.41, 5.74) is 1.19. The number of ether oxygens (including phenoxy) is 1. The fourth-order valence-electron chi connectivity index (χ4n) is 2.34. The molecule has 1 fully saturated rings. The Morgan fingerprint density at radius 2 is 1.92 bits per heavy atom. The SMILES string of the molecule is COCCNCCNC(=O)c1ccccc1N(C)C(=O)C1CC1.Cl. The van der Waals surface area contributed by atoms with Crippen molar-refractivity contribution in [2.24, 2.45) is 5.92 Å². The van der Waals surface area contributed by atoms with Crippen molar-refractivity contribution in [3.63, 3.8) is 0 Å². The van der Waals surface area contributed by atoms with E-state index in [-0.39, 0.29) is 30.1 Å². The third-order valence-corrected chi connectivity index (χ3v) is 3.84. The Morgan fingerprint density at radius 1 is 1.21 bits per heavy atom. The minimum Gasteiger partial charge on any atom is -0.383 e. The average Bonchev–Trinajstić information content (AvgIpc) is 3.41. The van der Waals surface area contributed by atoms with Crippen molar-refractivity contribution in [2.45, 2.75) is 12.8 Å². The Balaban J connectivity index is 0.00000288. The Kier molecular flexibility index (Phi) is 8.74. The van der Waals surface area contributed by atoms with Gasteiger partial charge in [0.15, 0.2) is 0 Å². The van der Waals surface area contributed by atoms with Gasteiger partial charge in [-0.2, -0.15) is 0 Å². The molecule has 0 unspecified atom stereocenters. The van der Waals surface area contributed by atoms with Gasteiger partial charge in [-0.05, 0) is 25.0 Å². The highest BCUT2D eigenvalue weighted by molar-refractivity contribution is 6.05. The van der Waals surface area contributed by atoms with Gasteiger partial charge in [-0.3, -0.25) is 9.59 Å². The Morgan fingerprint density at radius 3 is 2.58 bits per heavy atom. The molecule has 1 aromatic rings. The van der Waals surface area contributed by atoms with E-state index in [1.807, 2.05) is 18.2 Å². The number of para-hydroxylation sites is 1. The zero-order valence-electron chi connectivity index (χ0n) is 14.2. The molecule has 1 aromatic carbocycles. The third-order valence-electron chi connectivity index (χ3n) is 3.84. The highest BCUT2D eigenvalue weighted by atomic mass is 35.5. The van der Waals surface area contributed by atoms with Gasteiger partial charge in [0.25, 0.3) is 5.91 Å². The lowest BCUT2D eigenvalue weighted by Gasteiger charge is -2.20. The first-order valence-electron chi connectivity index (χ1n) is 7.99. The molecule has 1 saturated carbocycles. The van der Waals surface area contributed by atoms with E-state index in [9.17, 15) is 9.59 Å². The summed E-state index contributed by atoms with van der Waals surface area (Å²) in [5, 5.41) is 6.04. The molecule has 0 bridgehead atoms. The summed E-state index contributed by atoms with van der Waals surface area (Å²) in [4.78, 5) is 26.2. The summed E-state index contributed by atoms with van der Waals surface area (Å²) in [6, 6.07) is 7.21. The number of nitrogens with zero attached hydrogens (tertiary/aromatic N) is 1. The van der Waals surface area contributed by atoms with Crippen LogP contribution in [0.1, 0.15) is 23.2 Å². The van der Waals surface area contributed by atoms with Crippen LogP contribution < -0.4 is 15.5 Å². The third kappa shape index (κ3) is 5.78. The second-order valence-electron chi connectivity index (χ2n) is 5.69. The molecule has 0 radical (unpaired) electrons. The molecule has 0 heterocycles. The number of nitrogens with one attached hydrogen (secondary N) is 2. The molecule has 0 spiro atoms. The standard InChI is InChI=1S/C17H25N3O3.ClH/c1-20(17(22)13-7-8-13)15-6-4-3-5-14(15)16(21)19-10-9-18-11-12-23-2;/h3-6,13,18H,7-12H2,1-2H3,(H,19,21);1H. The minimum atomic E-state index is -0.162. The van der Waals surface area contributed by atoms with Crippen LogP contribution in [0.3, 0.4) is 0 Å². The van der Waals surface area contributed by atoms with Crippen LogP contribution in [0, 0.1) is 5.92 Å². The van der Waals surface area contributed by atoms with Crippen molar-refractivity contribution in [1.82, 2.24) is 10.6 Å². The predicted molar refractivity (Wildman–Crippen MR) is 96.9 cm³/mol. The lowest BCUT2D eigenvalue weighted by molar-refractivity contribution is -0.119. The number of hydrogen-bond acceptors (Lipinski definition) is 4. The molecule has 2 N–H and O–H groups in total. The average molecular weight is 356 g/mol. The number of carbonyl (C=O) groups is 2. The minimum absolute atomic E-state index is 0. The van der Waals surface area contributed by atoms with Crippen LogP contribution >= 0.6 is 12.4 Å². The van der Waals surface area contributed by atoms with Crippen LogP contribution in [-0.4, -0.2) is 52.2 Å². The van der Waals surface area contributed by atoms with Crippen LogP contribution in [0.2, 0.25) is 0 Å². The van der Waals surface area contributed by atoms with Gasteiger partial charge >= 0.3 is 0 Å². The number of rotatable bonds is 9. The number of anilines is 1. The van der Waals surface area contributed by atoms with Crippen molar-refractivity contribution >= 4 is 29.9 Å². The smallest absolute Gasteiger partial charge is 0.253 e. The molecule has 0 saturated heterocycles. The van der Waals surface area contributed by atoms with Crippen LogP contribution in [-0.2, 0) is 9.53 Å². The lowest BCUT2D eigenvalue weighted by Crippen LogP contribution is -2.35. The van der Waals surface area contributed by atoms with E-state index in [4.69, 9.17) is 4.74 Å². The Labute approximate surface area is 149 Å². The zero-order valence-corrected chi connectivity index (χ0v) is 15.0. The molecule has 0 atom stereocenters. The molecule has 0 aliphatic heterocycles. The maximum Gasteiger partial charge on any atom is 0.253 e. The lowest BCUT2D eigenvalue weighted by atomic mass is 10.1. The van der Waals surface area contributed by atoms with Crippen LogP contribution in [0.5, 0.6) is 0 Å². The van der Waals surface area contributed by atoms with Gasteiger partial charge in [0, 0.05) is 39.7 Å². The van der Waals surface area contributed by atoms with Gasteiger partial charge in [-0.15, -0.1) is 12.4 Å². The van der Waals surface area contributed by atoms with E-state index in [0.29, 0.717) is 30.9 Å². The van der Waals surface area contributed by atoms with Crippen molar-refractivity contribution in [3.8, 4) is 0 Å². The zero-order chi connectivity index (χ0) is 16.7. The van der Waals surface area contributed by atoms with Crippen LogP contribution in [0.15, 0.2) is 24.3 Å². The molecular formula is C17H26ClN3O3. The van der Waals surface area contributed by atoms with E-state index in [2.05, 4.69) is 10.6 Å². The maximum atomic E-state index is 12.4. The summed E-state index contributed by atoms with van der Waals surface area (Å²) < 4.78 is 4.94. The fourth-order valence-corrected chi connectivity index (χ4v) is 2.34. The van der Waals surface area contributed by atoms with Crippen LogP contribution in [0.4, 0.5) is 5.69 Å². The van der Waals surface area contributed by atoms with Crippen molar-refractivity contribution in [3.05, 3.63) is 29.8 Å². The number of methoxy groups -OCH3 is 1. The highest BCUT2D eigenvalue weighted by Crippen LogP contribution is 2.33. The van der Waals surface area contributed by atoms with Gasteiger partial charge in [-0.1, -0.05) is 12.1 Å².